The fourth-order valence-electron chi connectivity index (χ4n) is 1.05. The van der Waals surface area contributed by atoms with Gasteiger partial charge in [-0.2, -0.15) is 0 Å². The summed E-state index contributed by atoms with van der Waals surface area (Å²) in [5, 5.41) is 17.7. The summed E-state index contributed by atoms with van der Waals surface area (Å²) in [6.07, 6.45) is -0.285. The quantitative estimate of drug-likeness (QED) is 0.703. The first-order valence-corrected chi connectivity index (χ1v) is 7.14. The first kappa shape index (κ1) is 14.1. The highest BCUT2D eigenvalue weighted by atomic mass is 32.2. The molecule has 0 fully saturated rings. The number of hydrogen-bond donors (Lipinski definition) is 3. The molecular formula is C9H13NO5S2. The number of aliphatic hydroxyl groups is 1. The average Bonchev–Trinajstić information content (AvgIpc) is 2.65. The van der Waals surface area contributed by atoms with Crippen molar-refractivity contribution < 1.29 is 23.4 Å². The van der Waals surface area contributed by atoms with Crippen LogP contribution in [0.2, 0.25) is 0 Å². The molecule has 0 aliphatic rings. The van der Waals surface area contributed by atoms with Gasteiger partial charge in [0.25, 0.3) is 0 Å². The molecule has 0 bridgehead atoms. The van der Waals surface area contributed by atoms with Gasteiger partial charge in [0, 0.05) is 6.54 Å². The molecule has 0 spiro atoms. The van der Waals surface area contributed by atoms with Gasteiger partial charge in [0.05, 0.1) is 6.10 Å². The molecule has 1 aromatic heterocycles. The summed E-state index contributed by atoms with van der Waals surface area (Å²) in [6.45, 7) is 1.67. The van der Waals surface area contributed by atoms with Crippen molar-refractivity contribution in [1.29, 1.82) is 0 Å². The second kappa shape index (κ2) is 5.58. The van der Waals surface area contributed by atoms with Crippen LogP contribution < -0.4 is 4.72 Å². The Hall–Kier alpha value is -0.960. The summed E-state index contributed by atoms with van der Waals surface area (Å²) >= 11 is 0.694. The van der Waals surface area contributed by atoms with Gasteiger partial charge in [-0.05, 0) is 25.5 Å². The number of thiophene rings is 1. The van der Waals surface area contributed by atoms with E-state index in [2.05, 4.69) is 4.72 Å². The van der Waals surface area contributed by atoms with Crippen LogP contribution in [0.5, 0.6) is 0 Å². The predicted molar refractivity (Wildman–Crippen MR) is 62.8 cm³/mol. The zero-order chi connectivity index (χ0) is 13.1. The van der Waals surface area contributed by atoms with Crippen LogP contribution in [0, 0.1) is 0 Å². The van der Waals surface area contributed by atoms with Gasteiger partial charge in [0.1, 0.15) is 9.09 Å². The van der Waals surface area contributed by atoms with Gasteiger partial charge in [-0.3, -0.25) is 0 Å². The van der Waals surface area contributed by atoms with Crippen molar-refractivity contribution in [3.63, 3.8) is 0 Å². The number of rotatable bonds is 6. The van der Waals surface area contributed by atoms with Crippen molar-refractivity contribution in [2.75, 3.05) is 6.54 Å². The molecule has 3 N–H and O–H groups in total. The van der Waals surface area contributed by atoms with Crippen LogP contribution in [0.3, 0.4) is 0 Å². The molecule has 0 radical (unpaired) electrons. The standard InChI is InChI=1S/C9H13NO5S2/c1-6(11)4-5-10-17(14,15)8-3-2-7(16-8)9(12)13/h2-3,6,10-11H,4-5H2,1H3,(H,12,13). The molecule has 0 saturated heterocycles. The summed E-state index contributed by atoms with van der Waals surface area (Å²) in [5.74, 6) is -1.15. The van der Waals surface area contributed by atoms with Gasteiger partial charge in [-0.15, -0.1) is 11.3 Å². The average molecular weight is 279 g/mol. The molecular weight excluding hydrogens is 266 g/mol. The molecule has 1 aromatic rings. The third-order valence-electron chi connectivity index (χ3n) is 1.91. The lowest BCUT2D eigenvalue weighted by Crippen LogP contribution is -2.26. The van der Waals surface area contributed by atoms with Gasteiger partial charge in [0.2, 0.25) is 10.0 Å². The van der Waals surface area contributed by atoms with Crippen LogP contribution in [-0.4, -0.2) is 37.2 Å². The van der Waals surface area contributed by atoms with Crippen molar-refractivity contribution >= 4 is 27.3 Å². The Labute approximate surface area is 103 Å². The number of carboxylic acid groups (broad SMARTS) is 1. The van der Waals surface area contributed by atoms with E-state index in [0.29, 0.717) is 17.8 Å². The SMILES string of the molecule is CC(O)CCNS(=O)(=O)c1ccc(C(=O)O)s1. The number of aliphatic hydroxyl groups excluding tert-OH is 1. The first-order chi connectivity index (χ1) is 7.83. The molecule has 17 heavy (non-hydrogen) atoms. The van der Waals surface area contributed by atoms with E-state index in [0.717, 1.165) is 0 Å². The van der Waals surface area contributed by atoms with Gasteiger partial charge in [-0.1, -0.05) is 0 Å². The zero-order valence-electron chi connectivity index (χ0n) is 9.08. The Balaban J connectivity index is 2.72. The van der Waals surface area contributed by atoms with Crippen LogP contribution in [0.15, 0.2) is 16.3 Å². The van der Waals surface area contributed by atoms with E-state index in [1.165, 1.54) is 12.1 Å². The van der Waals surface area contributed by atoms with Crippen molar-refractivity contribution in [2.24, 2.45) is 0 Å². The smallest absolute Gasteiger partial charge is 0.345 e. The third-order valence-corrected chi connectivity index (χ3v) is 4.94. The summed E-state index contributed by atoms with van der Waals surface area (Å²) in [6, 6.07) is 2.50. The van der Waals surface area contributed by atoms with Crippen LogP contribution in [0.1, 0.15) is 23.0 Å². The van der Waals surface area contributed by atoms with Crippen molar-refractivity contribution in [1.82, 2.24) is 4.72 Å². The molecule has 0 saturated carbocycles. The van der Waals surface area contributed by atoms with Crippen molar-refractivity contribution in [3.05, 3.63) is 17.0 Å². The number of carboxylic acids is 1. The monoisotopic (exact) mass is 279 g/mol. The van der Waals surface area contributed by atoms with Gasteiger partial charge >= 0.3 is 5.97 Å². The van der Waals surface area contributed by atoms with E-state index in [-0.39, 0.29) is 15.6 Å². The molecule has 0 aliphatic carbocycles. The number of hydrogen-bond acceptors (Lipinski definition) is 5. The van der Waals surface area contributed by atoms with Crippen LogP contribution in [-0.2, 0) is 10.0 Å². The Morgan fingerprint density at radius 2 is 2.18 bits per heavy atom. The highest BCUT2D eigenvalue weighted by molar-refractivity contribution is 7.91. The molecule has 0 amide bonds. The summed E-state index contributed by atoms with van der Waals surface area (Å²) in [5.41, 5.74) is 0. The molecule has 0 aromatic carbocycles. The maximum absolute atomic E-state index is 11.7. The second-order valence-corrected chi connectivity index (χ2v) is 6.54. The number of aromatic carboxylic acids is 1. The lowest BCUT2D eigenvalue weighted by Gasteiger charge is -2.05. The van der Waals surface area contributed by atoms with E-state index in [4.69, 9.17) is 10.2 Å². The van der Waals surface area contributed by atoms with Crippen LogP contribution in [0.25, 0.3) is 0 Å². The second-order valence-electron chi connectivity index (χ2n) is 3.46. The molecule has 8 heteroatoms. The summed E-state index contributed by atoms with van der Waals surface area (Å²) < 4.78 is 25.6. The summed E-state index contributed by atoms with van der Waals surface area (Å²) in [4.78, 5) is 10.6. The Morgan fingerprint density at radius 1 is 1.53 bits per heavy atom. The molecule has 1 unspecified atom stereocenters. The minimum atomic E-state index is -3.67. The largest absolute Gasteiger partial charge is 0.477 e. The van der Waals surface area contributed by atoms with E-state index in [1.54, 1.807) is 6.92 Å². The summed E-state index contributed by atoms with van der Waals surface area (Å²) in [7, 11) is -3.67. The van der Waals surface area contributed by atoms with Crippen LogP contribution in [0.4, 0.5) is 0 Å². The highest BCUT2D eigenvalue weighted by Crippen LogP contribution is 2.21. The van der Waals surface area contributed by atoms with E-state index >= 15 is 0 Å². The fraction of sp³-hybridized carbons (Fsp3) is 0.444. The molecule has 96 valence electrons. The van der Waals surface area contributed by atoms with Gasteiger partial charge < -0.3 is 10.2 Å². The van der Waals surface area contributed by atoms with E-state index < -0.39 is 22.1 Å². The Kier molecular flexibility index (Phi) is 4.63. The highest BCUT2D eigenvalue weighted by Gasteiger charge is 2.18. The fourth-order valence-corrected chi connectivity index (χ4v) is 3.29. The van der Waals surface area contributed by atoms with Crippen molar-refractivity contribution in [2.45, 2.75) is 23.7 Å². The molecule has 1 heterocycles. The lowest BCUT2D eigenvalue weighted by atomic mass is 10.3. The van der Waals surface area contributed by atoms with E-state index in [1.807, 2.05) is 0 Å². The van der Waals surface area contributed by atoms with Gasteiger partial charge in [0.15, 0.2) is 0 Å². The maximum atomic E-state index is 11.7. The minimum absolute atomic E-state index is 0.0269. The minimum Gasteiger partial charge on any atom is -0.477 e. The molecule has 1 rings (SSSR count). The van der Waals surface area contributed by atoms with Crippen molar-refractivity contribution in [3.8, 4) is 0 Å². The van der Waals surface area contributed by atoms with Crippen LogP contribution >= 0.6 is 11.3 Å². The number of nitrogens with one attached hydrogen (secondary N) is 1. The number of sulfonamides is 1. The number of carbonyl (C=O) groups is 1. The molecule has 6 nitrogen and oxygen atoms in total. The molecule has 1 atom stereocenters. The topological polar surface area (TPSA) is 104 Å². The van der Waals surface area contributed by atoms with Gasteiger partial charge in [-0.25, -0.2) is 17.9 Å². The normalized spacial score (nSPS) is 13.5. The Bertz CT molecular complexity index is 491. The maximum Gasteiger partial charge on any atom is 0.345 e. The zero-order valence-corrected chi connectivity index (χ0v) is 10.7. The Morgan fingerprint density at radius 3 is 2.65 bits per heavy atom. The van der Waals surface area contributed by atoms with E-state index in [9.17, 15) is 13.2 Å². The lowest BCUT2D eigenvalue weighted by molar-refractivity contribution is 0.0702. The third kappa shape index (κ3) is 4.08. The predicted octanol–water partition coefficient (Wildman–Crippen LogP) is 0.496. The first-order valence-electron chi connectivity index (χ1n) is 4.84. The molecule has 0 aliphatic heterocycles.